The molecule has 0 radical (unpaired) electrons. The molecule has 8 heteroatoms. The maximum atomic E-state index is 13.6. The molecule has 2 N–H and O–H groups in total. The highest BCUT2D eigenvalue weighted by atomic mass is 16.1. The molecule has 148 valence electrons. The molecule has 8 nitrogen and oxygen atoms in total. The summed E-state index contributed by atoms with van der Waals surface area (Å²) in [7, 11) is 0. The lowest BCUT2D eigenvalue weighted by molar-refractivity contribution is 0.335. The Morgan fingerprint density at radius 1 is 1.21 bits per heavy atom. The van der Waals surface area contributed by atoms with Crippen molar-refractivity contribution in [2.24, 2.45) is 0 Å². The van der Waals surface area contributed by atoms with E-state index < -0.39 is 0 Å². The first kappa shape index (κ1) is 17.8. The van der Waals surface area contributed by atoms with Gasteiger partial charge in [0.1, 0.15) is 11.3 Å². The van der Waals surface area contributed by atoms with Crippen molar-refractivity contribution in [2.75, 3.05) is 0 Å². The number of imidazole rings is 1. The smallest absolute Gasteiger partial charge is 0.261 e. The van der Waals surface area contributed by atoms with E-state index in [1.807, 2.05) is 34.3 Å². The number of hydrogen-bond donors (Lipinski definition) is 2. The number of aryl methyl sites for hydroxylation is 1. The highest BCUT2D eigenvalue weighted by Crippen LogP contribution is 2.29. The molecule has 0 atom stereocenters. The molecule has 29 heavy (non-hydrogen) atoms. The zero-order valence-corrected chi connectivity index (χ0v) is 16.4. The van der Waals surface area contributed by atoms with Crippen LogP contribution in [0.4, 0.5) is 0 Å². The molecule has 5 rings (SSSR count). The van der Waals surface area contributed by atoms with Crippen LogP contribution < -0.4 is 11.0 Å². The van der Waals surface area contributed by atoms with Crippen molar-refractivity contribution in [3.63, 3.8) is 0 Å². The van der Waals surface area contributed by atoms with E-state index in [-0.39, 0.29) is 17.1 Å². The van der Waals surface area contributed by atoms with Gasteiger partial charge in [-0.2, -0.15) is 0 Å². The van der Waals surface area contributed by atoms with Gasteiger partial charge in [-0.05, 0) is 31.4 Å². The summed E-state index contributed by atoms with van der Waals surface area (Å²) in [6.07, 6.45) is 8.65. The first-order valence-electron chi connectivity index (χ1n) is 10.1. The third kappa shape index (κ3) is 2.95. The van der Waals surface area contributed by atoms with Crippen LogP contribution in [0.15, 0.2) is 35.6 Å². The topological polar surface area (TPSA) is 105 Å². The quantitative estimate of drug-likeness (QED) is 0.562. The largest absolute Gasteiger partial charge is 0.340 e. The molecule has 1 aliphatic rings. The van der Waals surface area contributed by atoms with Gasteiger partial charge in [-0.25, -0.2) is 15.0 Å². The highest BCUT2D eigenvalue weighted by molar-refractivity contribution is 5.81. The Kier molecular flexibility index (Phi) is 4.26. The van der Waals surface area contributed by atoms with E-state index in [0.717, 1.165) is 36.8 Å². The van der Waals surface area contributed by atoms with Crippen LogP contribution in [-0.2, 0) is 6.54 Å². The van der Waals surface area contributed by atoms with Crippen molar-refractivity contribution in [2.45, 2.75) is 51.6 Å². The number of rotatable bonds is 3. The number of benzene rings is 1. The minimum Gasteiger partial charge on any atom is -0.340 e. The highest BCUT2D eigenvalue weighted by Gasteiger charge is 2.22. The van der Waals surface area contributed by atoms with Gasteiger partial charge >= 0.3 is 0 Å². The van der Waals surface area contributed by atoms with Crippen LogP contribution in [-0.4, -0.2) is 29.1 Å². The Hall–Kier alpha value is -3.29. The summed E-state index contributed by atoms with van der Waals surface area (Å²) >= 11 is 0. The summed E-state index contributed by atoms with van der Waals surface area (Å²) in [6.45, 7) is 2.35. The zero-order valence-electron chi connectivity index (χ0n) is 16.4. The van der Waals surface area contributed by atoms with Crippen molar-refractivity contribution in [1.82, 2.24) is 29.1 Å². The van der Waals surface area contributed by atoms with Gasteiger partial charge in [0, 0.05) is 6.04 Å². The van der Waals surface area contributed by atoms with Gasteiger partial charge in [0.25, 0.3) is 5.56 Å². The summed E-state index contributed by atoms with van der Waals surface area (Å²) in [6, 6.07) is 5.98. The van der Waals surface area contributed by atoms with Gasteiger partial charge in [0.15, 0.2) is 11.1 Å². The summed E-state index contributed by atoms with van der Waals surface area (Å²) in [5, 5.41) is 8.66. The number of nitrogens with one attached hydrogen (secondary N) is 2. The second-order valence-corrected chi connectivity index (χ2v) is 7.79. The van der Waals surface area contributed by atoms with Gasteiger partial charge in [0.05, 0.1) is 30.1 Å². The standard InChI is InChI=1S/C21H23N7O/c1-13-6-5-9-15-17(13)21(29)28(14-7-3-2-4-8-14)16(26-15)10-27-12-25-19(22)18-20(27)24-11-23-18/h5-6,9,11-12,14,22H,2-4,7-8,10H2,1H3,(H,23,24). The fourth-order valence-corrected chi connectivity index (χ4v) is 4.48. The number of fused-ring (bicyclic) bond motifs is 2. The van der Waals surface area contributed by atoms with Crippen LogP contribution in [0, 0.1) is 12.3 Å². The predicted octanol–water partition coefficient (Wildman–Crippen LogP) is 2.81. The molecule has 0 saturated heterocycles. The van der Waals surface area contributed by atoms with Crippen molar-refractivity contribution >= 4 is 22.1 Å². The van der Waals surface area contributed by atoms with Crippen LogP contribution in [0.25, 0.3) is 22.1 Å². The average molecular weight is 389 g/mol. The van der Waals surface area contributed by atoms with Crippen molar-refractivity contribution < 1.29 is 0 Å². The van der Waals surface area contributed by atoms with E-state index in [2.05, 4.69) is 15.0 Å². The van der Waals surface area contributed by atoms with Crippen molar-refractivity contribution in [1.29, 1.82) is 5.41 Å². The van der Waals surface area contributed by atoms with Crippen LogP contribution in [0.2, 0.25) is 0 Å². The van der Waals surface area contributed by atoms with E-state index in [1.165, 1.54) is 6.42 Å². The lowest BCUT2D eigenvalue weighted by Gasteiger charge is -2.27. The van der Waals surface area contributed by atoms with Gasteiger partial charge in [-0.3, -0.25) is 14.8 Å². The van der Waals surface area contributed by atoms with E-state index in [0.29, 0.717) is 28.9 Å². The maximum Gasteiger partial charge on any atom is 0.261 e. The van der Waals surface area contributed by atoms with Crippen LogP contribution >= 0.6 is 0 Å². The molecule has 0 aliphatic heterocycles. The van der Waals surface area contributed by atoms with Crippen molar-refractivity contribution in [3.8, 4) is 0 Å². The Balaban J connectivity index is 1.73. The Bertz CT molecular complexity index is 1320. The third-order valence-electron chi connectivity index (χ3n) is 5.92. The number of aromatic nitrogens is 6. The Morgan fingerprint density at radius 3 is 2.86 bits per heavy atom. The Labute approximate surface area is 166 Å². The number of H-pyrrole nitrogens is 1. The van der Waals surface area contributed by atoms with Crippen LogP contribution in [0.3, 0.4) is 0 Å². The van der Waals surface area contributed by atoms with Crippen LogP contribution in [0.5, 0.6) is 0 Å². The molecule has 0 spiro atoms. The van der Waals surface area contributed by atoms with Crippen molar-refractivity contribution in [3.05, 3.63) is 58.1 Å². The molecule has 0 amide bonds. The van der Waals surface area contributed by atoms with Gasteiger partial charge in [0.2, 0.25) is 0 Å². The normalized spacial score (nSPS) is 15.3. The SMILES string of the molecule is Cc1cccc2nc(Cn3cnc(=N)c4[nH]cnc43)n(C3CCCCC3)c(=O)c12. The molecule has 1 aromatic carbocycles. The molecule has 3 aromatic heterocycles. The van der Waals surface area contributed by atoms with Gasteiger partial charge < -0.3 is 9.55 Å². The van der Waals surface area contributed by atoms with E-state index in [4.69, 9.17) is 10.4 Å². The van der Waals surface area contributed by atoms with Gasteiger partial charge in [-0.1, -0.05) is 31.4 Å². The average Bonchev–Trinajstić information content (AvgIpc) is 3.22. The lowest BCUT2D eigenvalue weighted by Crippen LogP contribution is -2.32. The monoisotopic (exact) mass is 389 g/mol. The van der Waals surface area contributed by atoms with Gasteiger partial charge in [-0.15, -0.1) is 0 Å². The Morgan fingerprint density at radius 2 is 2.03 bits per heavy atom. The molecule has 0 bridgehead atoms. The lowest BCUT2D eigenvalue weighted by atomic mass is 9.95. The minimum atomic E-state index is 0.0407. The third-order valence-corrected chi connectivity index (χ3v) is 5.92. The van der Waals surface area contributed by atoms with Crippen LogP contribution in [0.1, 0.15) is 49.5 Å². The molecule has 3 heterocycles. The zero-order chi connectivity index (χ0) is 20.0. The predicted molar refractivity (Wildman–Crippen MR) is 110 cm³/mol. The molecule has 4 aromatic rings. The number of nitrogens with zero attached hydrogens (tertiary/aromatic N) is 5. The summed E-state index contributed by atoms with van der Waals surface area (Å²) in [4.78, 5) is 30.0. The second-order valence-electron chi connectivity index (χ2n) is 7.79. The summed E-state index contributed by atoms with van der Waals surface area (Å²) in [5.41, 5.74) is 3.09. The molecular formula is C21H23N7O. The minimum absolute atomic E-state index is 0.0407. The summed E-state index contributed by atoms with van der Waals surface area (Å²) in [5.74, 6) is 0.717. The summed E-state index contributed by atoms with van der Waals surface area (Å²) < 4.78 is 3.77. The molecule has 1 aliphatic carbocycles. The molecule has 1 saturated carbocycles. The first-order valence-corrected chi connectivity index (χ1v) is 10.1. The molecular weight excluding hydrogens is 366 g/mol. The second kappa shape index (κ2) is 6.95. The van der Waals surface area contributed by atoms with E-state index in [9.17, 15) is 4.79 Å². The molecule has 0 unspecified atom stereocenters. The maximum absolute atomic E-state index is 13.6. The first-order chi connectivity index (χ1) is 14.1. The van der Waals surface area contributed by atoms with E-state index in [1.54, 1.807) is 12.7 Å². The number of hydrogen-bond acceptors (Lipinski definition) is 5. The fourth-order valence-electron chi connectivity index (χ4n) is 4.48. The van der Waals surface area contributed by atoms with E-state index >= 15 is 0 Å². The number of aromatic amines is 1. The fraction of sp³-hybridized carbons (Fsp3) is 0.381. The molecule has 1 fully saturated rings.